The molecule has 2 N–H and O–H groups in total. The van der Waals surface area contributed by atoms with Crippen LogP contribution in [0.25, 0.3) is 5.69 Å². The van der Waals surface area contributed by atoms with Crippen molar-refractivity contribution in [2.75, 3.05) is 19.5 Å². The molecule has 3 aromatic rings. The number of hydrogen-bond acceptors (Lipinski definition) is 6. The number of carbonyl (C=O) groups is 1. The average molecular weight is 386 g/mol. The number of nitrogens with two attached hydrogens (primary N) is 1. The van der Waals surface area contributed by atoms with Gasteiger partial charge in [0.2, 0.25) is 0 Å². The lowest BCUT2D eigenvalue weighted by Crippen LogP contribution is -2.13. The van der Waals surface area contributed by atoms with E-state index in [-0.39, 0.29) is 16.9 Å². The van der Waals surface area contributed by atoms with E-state index < -0.39 is 5.97 Å². The topological polar surface area (TPSA) is 108 Å². The fraction of sp³-hybridized carbons (Fsp3) is 0.167. The molecule has 2 aromatic heterocycles. The summed E-state index contributed by atoms with van der Waals surface area (Å²) >= 11 is 5.84. The molecular weight excluding hydrogens is 370 g/mol. The average Bonchev–Trinajstić information content (AvgIpc) is 3.24. The second kappa shape index (κ2) is 7.85. The maximum atomic E-state index is 12.2. The van der Waals surface area contributed by atoms with Crippen molar-refractivity contribution in [1.82, 2.24) is 14.3 Å². The summed E-state index contributed by atoms with van der Waals surface area (Å²) in [6.45, 7) is 0.812. The number of esters is 1. The lowest BCUT2D eigenvalue weighted by atomic mass is 10.2. The number of anilines is 1. The van der Waals surface area contributed by atoms with Crippen molar-refractivity contribution in [3.63, 3.8) is 0 Å². The van der Waals surface area contributed by atoms with Crippen molar-refractivity contribution in [2.45, 2.75) is 6.54 Å². The second-order valence-corrected chi connectivity index (χ2v) is 5.95. The fourth-order valence-electron chi connectivity index (χ4n) is 2.59. The van der Waals surface area contributed by atoms with Crippen LogP contribution in [-0.2, 0) is 11.3 Å². The van der Waals surface area contributed by atoms with Crippen molar-refractivity contribution < 1.29 is 14.3 Å². The number of nitrogen functional groups attached to an aromatic ring is 1. The molecule has 8 nitrogen and oxygen atoms in total. The van der Waals surface area contributed by atoms with Crippen LogP contribution in [0.5, 0.6) is 5.75 Å². The van der Waals surface area contributed by atoms with Crippen molar-refractivity contribution in [3.8, 4) is 17.5 Å². The normalized spacial score (nSPS) is 10.4. The van der Waals surface area contributed by atoms with Gasteiger partial charge in [-0.1, -0.05) is 23.7 Å². The minimum absolute atomic E-state index is 0.0605. The van der Waals surface area contributed by atoms with Gasteiger partial charge in [0.05, 0.1) is 41.8 Å². The summed E-state index contributed by atoms with van der Waals surface area (Å²) in [5.74, 6) is -0.129. The monoisotopic (exact) mass is 385 g/mol. The van der Waals surface area contributed by atoms with E-state index in [1.807, 2.05) is 6.07 Å². The van der Waals surface area contributed by atoms with Gasteiger partial charge in [-0.15, -0.1) is 0 Å². The highest BCUT2D eigenvalue weighted by Gasteiger charge is 2.23. The molecule has 0 spiro atoms. The standard InChI is InChI=1S/C18H16ClN5O3/c1-26-18(25)17-16(21)12(8-20)10-24(17)14-4-2-3-5-15(14)27-7-6-23-11-13(19)9-22-23/h2-5,9-11H,6-7,21H2,1H3. The molecule has 0 aliphatic rings. The van der Waals surface area contributed by atoms with Crippen molar-refractivity contribution >= 4 is 23.3 Å². The highest BCUT2D eigenvalue weighted by Crippen LogP contribution is 2.30. The first-order valence-corrected chi connectivity index (χ1v) is 8.32. The zero-order valence-corrected chi connectivity index (χ0v) is 15.2. The maximum Gasteiger partial charge on any atom is 0.357 e. The van der Waals surface area contributed by atoms with Gasteiger partial charge in [-0.05, 0) is 12.1 Å². The van der Waals surface area contributed by atoms with Gasteiger partial charge < -0.3 is 19.8 Å². The number of para-hydroxylation sites is 2. The van der Waals surface area contributed by atoms with Crippen LogP contribution in [0.1, 0.15) is 16.1 Å². The Morgan fingerprint density at radius 3 is 2.81 bits per heavy atom. The highest BCUT2D eigenvalue weighted by atomic mass is 35.5. The molecule has 0 saturated carbocycles. The molecule has 0 bridgehead atoms. The summed E-state index contributed by atoms with van der Waals surface area (Å²) < 4.78 is 13.8. The predicted octanol–water partition coefficient (Wildman–Crippen LogP) is 2.65. The Hall–Kier alpha value is -3.44. The number of benzene rings is 1. The fourth-order valence-corrected chi connectivity index (χ4v) is 2.75. The van der Waals surface area contributed by atoms with Gasteiger partial charge in [0.25, 0.3) is 0 Å². The molecule has 0 radical (unpaired) electrons. The van der Waals surface area contributed by atoms with Gasteiger partial charge in [-0.3, -0.25) is 4.68 Å². The summed E-state index contributed by atoms with van der Waals surface area (Å²) in [4.78, 5) is 12.2. The van der Waals surface area contributed by atoms with Gasteiger partial charge in [-0.2, -0.15) is 10.4 Å². The number of halogens is 1. The lowest BCUT2D eigenvalue weighted by molar-refractivity contribution is 0.0593. The summed E-state index contributed by atoms with van der Waals surface area (Å²) in [6, 6.07) is 9.08. The number of rotatable bonds is 6. The molecule has 0 unspecified atom stereocenters. The Morgan fingerprint density at radius 1 is 1.37 bits per heavy atom. The first-order valence-electron chi connectivity index (χ1n) is 7.94. The molecular formula is C18H16ClN5O3. The van der Waals surface area contributed by atoms with Crippen molar-refractivity contribution in [3.05, 3.63) is 59.1 Å². The van der Waals surface area contributed by atoms with Crippen LogP contribution in [0.2, 0.25) is 5.02 Å². The number of methoxy groups -OCH3 is 1. The van der Waals surface area contributed by atoms with E-state index in [1.54, 1.807) is 41.3 Å². The molecule has 0 aliphatic carbocycles. The minimum atomic E-state index is -0.644. The van der Waals surface area contributed by atoms with Gasteiger partial charge in [-0.25, -0.2) is 4.79 Å². The molecule has 9 heteroatoms. The molecule has 0 atom stereocenters. The highest BCUT2D eigenvalue weighted by molar-refractivity contribution is 6.30. The van der Waals surface area contributed by atoms with Crippen LogP contribution in [0.3, 0.4) is 0 Å². The molecule has 0 saturated heterocycles. The van der Waals surface area contributed by atoms with E-state index in [1.165, 1.54) is 17.9 Å². The van der Waals surface area contributed by atoms with Crippen molar-refractivity contribution in [1.29, 1.82) is 5.26 Å². The Morgan fingerprint density at radius 2 is 2.15 bits per heavy atom. The zero-order chi connectivity index (χ0) is 19.4. The van der Waals surface area contributed by atoms with Crippen LogP contribution < -0.4 is 10.5 Å². The number of nitrogens with zero attached hydrogens (tertiary/aromatic N) is 4. The molecule has 138 valence electrons. The summed E-state index contributed by atoms with van der Waals surface area (Å²) in [5, 5.41) is 13.9. The van der Waals surface area contributed by atoms with E-state index in [9.17, 15) is 10.1 Å². The zero-order valence-electron chi connectivity index (χ0n) is 14.4. The second-order valence-electron chi connectivity index (χ2n) is 5.52. The summed E-state index contributed by atoms with van der Waals surface area (Å²) in [5.41, 5.74) is 6.82. The van der Waals surface area contributed by atoms with Crippen LogP contribution in [0.4, 0.5) is 5.69 Å². The third kappa shape index (κ3) is 3.73. The minimum Gasteiger partial charge on any atom is -0.489 e. The van der Waals surface area contributed by atoms with Gasteiger partial charge in [0.1, 0.15) is 18.4 Å². The molecule has 0 aliphatic heterocycles. The van der Waals surface area contributed by atoms with E-state index >= 15 is 0 Å². The lowest BCUT2D eigenvalue weighted by Gasteiger charge is -2.14. The first kappa shape index (κ1) is 18.4. The van der Waals surface area contributed by atoms with Crippen LogP contribution in [-0.4, -0.2) is 34.0 Å². The Kier molecular flexibility index (Phi) is 5.33. The largest absolute Gasteiger partial charge is 0.489 e. The van der Waals surface area contributed by atoms with Crippen LogP contribution in [0, 0.1) is 11.3 Å². The molecule has 2 heterocycles. The number of aromatic nitrogens is 3. The van der Waals surface area contributed by atoms with Crippen molar-refractivity contribution in [2.24, 2.45) is 0 Å². The number of ether oxygens (including phenoxy) is 2. The number of nitriles is 1. The van der Waals surface area contributed by atoms with Gasteiger partial charge in [0, 0.05) is 12.4 Å². The quantitative estimate of drug-likeness (QED) is 0.653. The van der Waals surface area contributed by atoms with E-state index in [2.05, 4.69) is 5.10 Å². The third-order valence-electron chi connectivity index (χ3n) is 3.85. The third-order valence-corrected chi connectivity index (χ3v) is 4.04. The smallest absolute Gasteiger partial charge is 0.357 e. The van der Waals surface area contributed by atoms with Crippen LogP contribution >= 0.6 is 11.6 Å². The maximum absolute atomic E-state index is 12.2. The number of carbonyl (C=O) groups excluding carboxylic acids is 1. The van der Waals surface area contributed by atoms with Gasteiger partial charge in [0.15, 0.2) is 5.69 Å². The molecule has 1 aromatic carbocycles. The van der Waals surface area contributed by atoms with Gasteiger partial charge >= 0.3 is 5.97 Å². The predicted molar refractivity (Wildman–Crippen MR) is 99.0 cm³/mol. The Balaban J connectivity index is 1.92. The molecule has 27 heavy (non-hydrogen) atoms. The molecule has 0 fully saturated rings. The number of hydrogen-bond donors (Lipinski definition) is 1. The van der Waals surface area contributed by atoms with Crippen LogP contribution in [0.15, 0.2) is 42.9 Å². The Labute approximate surface area is 160 Å². The SMILES string of the molecule is COC(=O)c1c(N)c(C#N)cn1-c1ccccc1OCCn1cc(Cl)cn1. The first-order chi connectivity index (χ1) is 13.0. The van der Waals surface area contributed by atoms with E-state index in [0.717, 1.165) is 0 Å². The Bertz CT molecular complexity index is 1020. The van der Waals surface area contributed by atoms with E-state index in [0.29, 0.717) is 29.6 Å². The summed E-state index contributed by atoms with van der Waals surface area (Å²) in [7, 11) is 1.25. The molecule has 0 amide bonds. The van der Waals surface area contributed by atoms with E-state index in [4.69, 9.17) is 26.8 Å². The molecule has 3 rings (SSSR count). The summed E-state index contributed by atoms with van der Waals surface area (Å²) in [6.07, 6.45) is 4.72.